The third-order valence-electron chi connectivity index (χ3n) is 8.08. The van der Waals surface area contributed by atoms with Gasteiger partial charge in [-0.05, 0) is 56.5 Å². The largest absolute Gasteiger partial charge is 0.508 e. The number of likely N-dealkylation sites (N-methyl/N-ethyl adjacent to an activating group) is 1. The Morgan fingerprint density at radius 2 is 1.92 bits per heavy atom. The highest BCUT2D eigenvalue weighted by Crippen LogP contribution is 2.53. The first kappa shape index (κ1) is 26.3. The highest BCUT2D eigenvalue weighted by molar-refractivity contribution is 6.24. The minimum absolute atomic E-state index is 0.0128. The van der Waals surface area contributed by atoms with Gasteiger partial charge in [-0.3, -0.25) is 24.1 Å². The van der Waals surface area contributed by atoms with Gasteiger partial charge in [-0.15, -0.1) is 0 Å². The van der Waals surface area contributed by atoms with Crippen LogP contribution in [0.3, 0.4) is 0 Å². The van der Waals surface area contributed by atoms with E-state index >= 15 is 0 Å². The smallest absolute Gasteiger partial charge is 0.255 e. The van der Waals surface area contributed by atoms with Gasteiger partial charge in [0.1, 0.15) is 29.1 Å². The van der Waals surface area contributed by atoms with Gasteiger partial charge < -0.3 is 30.7 Å². The Kier molecular flexibility index (Phi) is 6.19. The van der Waals surface area contributed by atoms with Crippen LogP contribution in [-0.2, 0) is 27.2 Å². The number of benzene rings is 1. The van der Waals surface area contributed by atoms with Crippen molar-refractivity contribution in [1.82, 2.24) is 10.1 Å². The predicted molar refractivity (Wildman–Crippen MR) is 133 cm³/mol. The molecule has 0 bridgehead atoms. The molecule has 39 heavy (non-hydrogen) atoms. The van der Waals surface area contributed by atoms with Crippen LogP contribution in [0.25, 0.3) is 5.76 Å². The van der Waals surface area contributed by atoms with Gasteiger partial charge in [0.15, 0.2) is 17.2 Å². The van der Waals surface area contributed by atoms with Gasteiger partial charge >= 0.3 is 0 Å². The van der Waals surface area contributed by atoms with Crippen LogP contribution in [0.15, 0.2) is 46.0 Å². The van der Waals surface area contributed by atoms with Crippen LogP contribution in [0.1, 0.15) is 39.9 Å². The number of aliphatic hydroxyl groups is 3. The Labute approximate surface area is 222 Å². The van der Waals surface area contributed by atoms with E-state index in [9.17, 15) is 39.6 Å². The van der Waals surface area contributed by atoms with Crippen LogP contribution >= 0.6 is 0 Å². The van der Waals surface area contributed by atoms with E-state index in [0.717, 1.165) is 0 Å². The van der Waals surface area contributed by atoms with Crippen LogP contribution in [0.2, 0.25) is 0 Å². The van der Waals surface area contributed by atoms with Crippen molar-refractivity contribution in [3.05, 3.63) is 63.8 Å². The van der Waals surface area contributed by atoms with Crippen molar-refractivity contribution < 1.29 is 44.1 Å². The molecular weight excluding hydrogens is 510 g/mol. The second kappa shape index (κ2) is 9.17. The zero-order valence-electron chi connectivity index (χ0n) is 21.2. The topological polar surface area (TPSA) is 204 Å². The van der Waals surface area contributed by atoms with Gasteiger partial charge in [0.25, 0.3) is 5.91 Å². The molecular formula is C27H27N3O9. The van der Waals surface area contributed by atoms with Gasteiger partial charge in [-0.2, -0.15) is 0 Å². The molecule has 1 saturated carbocycles. The van der Waals surface area contributed by atoms with Crippen LogP contribution in [0.5, 0.6) is 5.75 Å². The highest BCUT2D eigenvalue weighted by Gasteiger charge is 2.64. The number of carbonyl (C=O) groups excluding carboxylic acids is 4. The SMILES string of the molecule is CN(C)[C@@H]1C(=O)C(C(N)=O)=C(O)[C@@]2(O)C(=O)C3=C(O)c4c(O)ccc(CCC(=O)c5cnoc5)c4C[C@H]3C[C@@H]12. The monoisotopic (exact) mass is 537 g/mol. The average molecular weight is 538 g/mol. The zero-order chi connectivity index (χ0) is 28.4. The number of amides is 1. The van der Waals surface area contributed by atoms with Crippen LogP contribution in [0, 0.1) is 11.8 Å². The number of ketones is 3. The number of Topliss-reactive ketones (excluding diaryl/α,β-unsaturated/α-hetero) is 3. The van der Waals surface area contributed by atoms with E-state index in [1.807, 2.05) is 0 Å². The maximum atomic E-state index is 13.8. The molecule has 0 aliphatic heterocycles. The van der Waals surface area contributed by atoms with Crippen molar-refractivity contribution >= 4 is 29.0 Å². The maximum absolute atomic E-state index is 13.8. The molecule has 5 rings (SSSR count). The number of aromatic hydroxyl groups is 1. The quantitative estimate of drug-likeness (QED) is 0.257. The minimum Gasteiger partial charge on any atom is -0.508 e. The molecule has 1 amide bonds. The average Bonchev–Trinajstić information content (AvgIpc) is 3.40. The number of phenols is 1. The van der Waals surface area contributed by atoms with Gasteiger partial charge in [0.05, 0.1) is 23.4 Å². The number of phenolic OH excluding ortho intramolecular Hbond substituents is 1. The van der Waals surface area contributed by atoms with Crippen LogP contribution < -0.4 is 5.73 Å². The summed E-state index contributed by atoms with van der Waals surface area (Å²) in [7, 11) is 3.08. The highest BCUT2D eigenvalue weighted by atomic mass is 16.5. The predicted octanol–water partition coefficient (Wildman–Crippen LogP) is 0.768. The normalized spacial score (nSPS) is 26.4. The van der Waals surface area contributed by atoms with Gasteiger partial charge in [-0.1, -0.05) is 11.2 Å². The first-order valence-electron chi connectivity index (χ1n) is 12.3. The standard InChI is InChI=1S/C27H27N3O9/c1-30(2)21-15-8-12-7-14-11(3-5-16(31)13-9-29-39-10-13)4-6-17(32)19(14)22(33)18(12)24(35)27(15,38)25(36)20(23(21)34)26(28)37/h4,6,9-10,12,15,21,32-33,36,38H,3,5,7-8H2,1-2H3,(H2,28,37)/t12-,15-,21-,27-/m0/s1. The lowest BCUT2D eigenvalue weighted by Gasteiger charge is -2.50. The Morgan fingerprint density at radius 1 is 1.21 bits per heavy atom. The van der Waals surface area contributed by atoms with Gasteiger partial charge in [0, 0.05) is 17.9 Å². The molecule has 0 unspecified atom stereocenters. The number of rotatable bonds is 6. The van der Waals surface area contributed by atoms with E-state index in [4.69, 9.17) is 10.3 Å². The summed E-state index contributed by atoms with van der Waals surface area (Å²) in [5.74, 6) is -7.27. The Hall–Kier alpha value is -4.29. The molecule has 0 spiro atoms. The number of primary amides is 1. The summed E-state index contributed by atoms with van der Waals surface area (Å²) < 4.78 is 4.72. The molecule has 1 aromatic carbocycles. The van der Waals surface area contributed by atoms with Gasteiger partial charge in [0.2, 0.25) is 5.78 Å². The van der Waals surface area contributed by atoms with Crippen molar-refractivity contribution in [3.63, 3.8) is 0 Å². The fourth-order valence-electron chi connectivity index (χ4n) is 6.28. The molecule has 1 fully saturated rings. The number of aryl methyl sites for hydroxylation is 1. The Bertz CT molecular complexity index is 1490. The maximum Gasteiger partial charge on any atom is 0.255 e. The minimum atomic E-state index is -2.69. The van der Waals surface area contributed by atoms with Crippen LogP contribution in [0.4, 0.5) is 0 Å². The first-order chi connectivity index (χ1) is 18.4. The third kappa shape index (κ3) is 3.78. The summed E-state index contributed by atoms with van der Waals surface area (Å²) in [5.41, 5.74) is 3.04. The summed E-state index contributed by atoms with van der Waals surface area (Å²) >= 11 is 0. The molecule has 0 saturated heterocycles. The summed E-state index contributed by atoms with van der Waals surface area (Å²) in [6.07, 6.45) is 3.04. The summed E-state index contributed by atoms with van der Waals surface area (Å²) in [5, 5.41) is 48.0. The van der Waals surface area contributed by atoms with Gasteiger partial charge in [-0.25, -0.2) is 0 Å². The molecule has 12 nitrogen and oxygen atoms in total. The van der Waals surface area contributed by atoms with Crippen molar-refractivity contribution in [2.75, 3.05) is 14.1 Å². The molecule has 204 valence electrons. The molecule has 2 aromatic rings. The first-order valence-corrected chi connectivity index (χ1v) is 12.3. The third-order valence-corrected chi connectivity index (χ3v) is 8.08. The lowest BCUT2D eigenvalue weighted by Crippen LogP contribution is -2.65. The number of hydrogen-bond acceptors (Lipinski definition) is 11. The fourth-order valence-corrected chi connectivity index (χ4v) is 6.28. The molecule has 1 heterocycles. The number of fused-ring (bicyclic) bond motifs is 3. The number of hydrogen-bond donors (Lipinski definition) is 5. The van der Waals surface area contributed by atoms with Crippen LogP contribution in [-0.4, -0.2) is 79.5 Å². The van der Waals surface area contributed by atoms with E-state index in [-0.39, 0.29) is 48.4 Å². The molecule has 12 heteroatoms. The Morgan fingerprint density at radius 3 is 2.54 bits per heavy atom. The second-order valence-electron chi connectivity index (χ2n) is 10.4. The number of aromatic nitrogens is 1. The lowest BCUT2D eigenvalue weighted by molar-refractivity contribution is -0.153. The molecule has 4 atom stereocenters. The molecule has 6 N–H and O–H groups in total. The zero-order valence-corrected chi connectivity index (χ0v) is 21.2. The number of nitrogens with zero attached hydrogens (tertiary/aromatic N) is 2. The number of carbonyl (C=O) groups is 4. The van der Waals surface area contributed by atoms with E-state index in [1.54, 1.807) is 6.07 Å². The van der Waals surface area contributed by atoms with Crippen molar-refractivity contribution in [2.45, 2.75) is 37.3 Å². The summed E-state index contributed by atoms with van der Waals surface area (Å²) in [4.78, 5) is 53.0. The fraction of sp³-hybridized carbons (Fsp3) is 0.370. The molecule has 3 aliphatic carbocycles. The van der Waals surface area contributed by atoms with Crippen molar-refractivity contribution in [2.24, 2.45) is 17.6 Å². The summed E-state index contributed by atoms with van der Waals surface area (Å²) in [6.45, 7) is 0. The Balaban J connectivity index is 1.61. The van der Waals surface area contributed by atoms with E-state index in [1.165, 1.54) is 37.5 Å². The van der Waals surface area contributed by atoms with E-state index in [2.05, 4.69) is 5.16 Å². The molecule has 0 radical (unpaired) electrons. The second-order valence-corrected chi connectivity index (χ2v) is 10.4. The lowest BCUT2D eigenvalue weighted by atomic mass is 9.57. The van der Waals surface area contributed by atoms with Crippen molar-refractivity contribution in [1.29, 1.82) is 0 Å². The number of nitrogens with two attached hydrogens (primary N) is 1. The molecule has 1 aromatic heterocycles. The van der Waals surface area contributed by atoms with Crippen molar-refractivity contribution in [3.8, 4) is 5.75 Å². The number of aliphatic hydroxyl groups excluding tert-OH is 2. The summed E-state index contributed by atoms with van der Waals surface area (Å²) in [6, 6.07) is 1.81. The molecule has 3 aliphatic rings. The van der Waals surface area contributed by atoms with E-state index < -0.39 is 58.0 Å². The van der Waals surface area contributed by atoms with E-state index in [0.29, 0.717) is 16.7 Å².